The minimum atomic E-state index is -4.38. The summed E-state index contributed by atoms with van der Waals surface area (Å²) < 4.78 is 39.2. The monoisotopic (exact) mass is 283 g/mol. The third kappa shape index (κ3) is 2.28. The zero-order chi connectivity index (χ0) is 14.5. The first kappa shape index (κ1) is 13.4. The van der Waals surface area contributed by atoms with Crippen molar-refractivity contribution in [2.75, 3.05) is 6.54 Å². The zero-order valence-corrected chi connectivity index (χ0v) is 11.3. The van der Waals surface area contributed by atoms with Gasteiger partial charge in [0, 0.05) is 0 Å². The molecule has 0 aliphatic carbocycles. The molecule has 108 valence electrons. The highest BCUT2D eigenvalue weighted by Crippen LogP contribution is 2.36. The van der Waals surface area contributed by atoms with Crippen molar-refractivity contribution in [3.8, 4) is 0 Å². The van der Waals surface area contributed by atoms with Crippen molar-refractivity contribution in [1.82, 2.24) is 15.3 Å². The number of fused-ring (bicyclic) bond motifs is 1. The van der Waals surface area contributed by atoms with Crippen LogP contribution in [-0.4, -0.2) is 16.5 Å². The van der Waals surface area contributed by atoms with E-state index in [1.54, 1.807) is 13.0 Å². The van der Waals surface area contributed by atoms with Crippen LogP contribution in [0.4, 0.5) is 13.2 Å². The molecule has 0 spiro atoms. The summed E-state index contributed by atoms with van der Waals surface area (Å²) in [6.07, 6.45) is -3.49. The van der Waals surface area contributed by atoms with Crippen LogP contribution in [0, 0.1) is 12.8 Å². The van der Waals surface area contributed by atoms with Crippen molar-refractivity contribution in [2.24, 2.45) is 5.92 Å². The Bertz CT molecular complexity index is 645. The third-order valence-corrected chi connectivity index (χ3v) is 3.74. The second-order valence-corrected chi connectivity index (χ2v) is 5.63. The summed E-state index contributed by atoms with van der Waals surface area (Å²) in [5, 5.41) is 3.28. The van der Waals surface area contributed by atoms with E-state index in [1.807, 2.05) is 0 Å². The van der Waals surface area contributed by atoms with Gasteiger partial charge in [0.15, 0.2) is 0 Å². The molecule has 1 aromatic carbocycles. The standard InChI is InChI=1S/C14H16F3N3/c1-7-3-9(14(15,16)17)12-10(4-7)19-13(20-12)11-5-8(2)6-18-11/h3-4,8,11,18H,5-6H2,1-2H3,(H,19,20)/t8-,11?/m1/s1. The second-order valence-electron chi connectivity index (χ2n) is 5.63. The Morgan fingerprint density at radius 2 is 2.05 bits per heavy atom. The number of imidazole rings is 1. The minimum Gasteiger partial charge on any atom is -0.341 e. The lowest BCUT2D eigenvalue weighted by Gasteiger charge is -2.08. The van der Waals surface area contributed by atoms with Gasteiger partial charge in [0.2, 0.25) is 0 Å². The van der Waals surface area contributed by atoms with E-state index in [1.165, 1.54) is 0 Å². The fourth-order valence-corrected chi connectivity index (χ4v) is 2.78. The number of nitrogens with one attached hydrogen (secondary N) is 2. The third-order valence-electron chi connectivity index (χ3n) is 3.74. The summed E-state index contributed by atoms with van der Waals surface area (Å²) in [5.41, 5.74) is 0.377. The van der Waals surface area contributed by atoms with Gasteiger partial charge in [0.25, 0.3) is 0 Å². The smallest absolute Gasteiger partial charge is 0.341 e. The van der Waals surface area contributed by atoms with Gasteiger partial charge in [-0.2, -0.15) is 13.2 Å². The predicted molar refractivity (Wildman–Crippen MR) is 70.4 cm³/mol. The highest BCUT2D eigenvalue weighted by Gasteiger charge is 2.35. The van der Waals surface area contributed by atoms with Gasteiger partial charge in [-0.1, -0.05) is 6.92 Å². The first-order valence-electron chi connectivity index (χ1n) is 6.65. The van der Waals surface area contributed by atoms with Gasteiger partial charge < -0.3 is 10.3 Å². The molecule has 0 radical (unpaired) electrons. The topological polar surface area (TPSA) is 40.7 Å². The first-order chi connectivity index (χ1) is 9.34. The summed E-state index contributed by atoms with van der Waals surface area (Å²) in [7, 11) is 0. The summed E-state index contributed by atoms with van der Waals surface area (Å²) >= 11 is 0. The van der Waals surface area contributed by atoms with Crippen molar-refractivity contribution >= 4 is 11.0 Å². The number of benzene rings is 1. The van der Waals surface area contributed by atoms with E-state index in [9.17, 15) is 13.2 Å². The second kappa shape index (κ2) is 4.48. The fraction of sp³-hybridized carbons (Fsp3) is 0.500. The summed E-state index contributed by atoms with van der Waals surface area (Å²) in [4.78, 5) is 7.24. The van der Waals surface area contributed by atoms with Crippen LogP contribution in [0.25, 0.3) is 11.0 Å². The summed E-state index contributed by atoms with van der Waals surface area (Å²) in [5.74, 6) is 1.11. The highest BCUT2D eigenvalue weighted by molar-refractivity contribution is 5.80. The predicted octanol–water partition coefficient (Wildman–Crippen LogP) is 3.56. The Labute approximate surface area is 114 Å². The van der Waals surface area contributed by atoms with Crippen molar-refractivity contribution in [2.45, 2.75) is 32.5 Å². The van der Waals surface area contributed by atoms with Crippen LogP contribution in [-0.2, 0) is 6.18 Å². The normalized spacial score (nSPS) is 23.6. The molecule has 6 heteroatoms. The molecule has 0 saturated carbocycles. The van der Waals surface area contributed by atoms with Crippen molar-refractivity contribution in [3.63, 3.8) is 0 Å². The molecule has 2 heterocycles. The fourth-order valence-electron chi connectivity index (χ4n) is 2.78. The molecule has 1 fully saturated rings. The van der Waals surface area contributed by atoms with Crippen molar-refractivity contribution in [1.29, 1.82) is 0 Å². The van der Waals surface area contributed by atoms with Gasteiger partial charge >= 0.3 is 6.18 Å². The quantitative estimate of drug-likeness (QED) is 0.840. The number of halogens is 3. The van der Waals surface area contributed by atoms with Gasteiger partial charge in [-0.15, -0.1) is 0 Å². The molecule has 2 atom stereocenters. The maximum atomic E-state index is 13.1. The number of rotatable bonds is 1. The Morgan fingerprint density at radius 3 is 2.65 bits per heavy atom. The van der Waals surface area contributed by atoms with Gasteiger partial charge in [0.1, 0.15) is 11.3 Å². The molecule has 2 N–H and O–H groups in total. The van der Waals surface area contributed by atoms with Crippen LogP contribution in [0.3, 0.4) is 0 Å². The molecule has 1 aliphatic rings. The average molecular weight is 283 g/mol. The number of nitrogens with zero attached hydrogens (tertiary/aromatic N) is 1. The molecule has 1 unspecified atom stereocenters. The van der Waals surface area contributed by atoms with Crippen molar-refractivity contribution < 1.29 is 13.2 Å². The Kier molecular flexibility index (Phi) is 3.01. The van der Waals surface area contributed by atoms with Crippen LogP contribution in [0.15, 0.2) is 12.1 Å². The lowest BCUT2D eigenvalue weighted by Crippen LogP contribution is -2.14. The number of aromatic amines is 1. The lowest BCUT2D eigenvalue weighted by atomic mass is 10.1. The number of aromatic nitrogens is 2. The molecule has 1 saturated heterocycles. The number of aryl methyl sites for hydroxylation is 1. The molecule has 1 aliphatic heterocycles. The van der Waals surface area contributed by atoms with Crippen molar-refractivity contribution in [3.05, 3.63) is 29.1 Å². The Morgan fingerprint density at radius 1 is 1.30 bits per heavy atom. The molecule has 1 aromatic heterocycles. The minimum absolute atomic E-state index is 0.0128. The molecule has 3 rings (SSSR count). The van der Waals surface area contributed by atoms with Crippen LogP contribution < -0.4 is 5.32 Å². The van der Waals surface area contributed by atoms with Crippen LogP contribution in [0.5, 0.6) is 0 Å². The maximum Gasteiger partial charge on any atom is 0.418 e. The van der Waals surface area contributed by atoms with E-state index < -0.39 is 11.7 Å². The molecule has 3 nitrogen and oxygen atoms in total. The average Bonchev–Trinajstić information content (AvgIpc) is 2.92. The van der Waals surface area contributed by atoms with Gasteiger partial charge in [-0.05, 0) is 43.5 Å². The molecule has 2 aromatic rings. The SMILES string of the molecule is Cc1cc(C(F)(F)F)c2nc(C3C[C@@H](C)CN3)[nH]c2c1. The highest BCUT2D eigenvalue weighted by atomic mass is 19.4. The van der Waals surface area contributed by atoms with E-state index in [-0.39, 0.29) is 11.6 Å². The van der Waals surface area contributed by atoms with E-state index in [4.69, 9.17) is 0 Å². The summed E-state index contributed by atoms with van der Waals surface area (Å²) in [6.45, 7) is 4.64. The molecular weight excluding hydrogens is 267 g/mol. The van der Waals surface area contributed by atoms with Gasteiger partial charge in [-0.25, -0.2) is 4.98 Å². The number of hydrogen-bond donors (Lipinski definition) is 2. The Hall–Kier alpha value is -1.56. The largest absolute Gasteiger partial charge is 0.418 e. The van der Waals surface area contributed by atoms with Crippen LogP contribution in [0.1, 0.15) is 36.3 Å². The zero-order valence-electron chi connectivity index (χ0n) is 11.3. The molecule has 0 amide bonds. The van der Waals surface area contributed by atoms with Crippen LogP contribution >= 0.6 is 0 Å². The lowest BCUT2D eigenvalue weighted by molar-refractivity contribution is -0.136. The maximum absolute atomic E-state index is 13.1. The van der Waals surface area contributed by atoms with E-state index in [0.717, 1.165) is 19.0 Å². The number of alkyl halides is 3. The van der Waals surface area contributed by atoms with E-state index >= 15 is 0 Å². The number of H-pyrrole nitrogens is 1. The van der Waals surface area contributed by atoms with Crippen LogP contribution in [0.2, 0.25) is 0 Å². The summed E-state index contributed by atoms with van der Waals surface area (Å²) in [6, 6.07) is 2.87. The van der Waals surface area contributed by atoms with Gasteiger partial charge in [-0.3, -0.25) is 0 Å². The molecular formula is C14H16F3N3. The number of hydrogen-bond acceptors (Lipinski definition) is 2. The Balaban J connectivity index is 2.11. The van der Waals surface area contributed by atoms with E-state index in [2.05, 4.69) is 22.2 Å². The van der Waals surface area contributed by atoms with Gasteiger partial charge in [0.05, 0.1) is 17.1 Å². The van der Waals surface area contributed by atoms with E-state index in [0.29, 0.717) is 22.8 Å². The first-order valence-corrected chi connectivity index (χ1v) is 6.65. The molecule has 0 bridgehead atoms. The molecule has 20 heavy (non-hydrogen) atoms.